The summed E-state index contributed by atoms with van der Waals surface area (Å²) in [6.07, 6.45) is 1.59. The van der Waals surface area contributed by atoms with Crippen molar-refractivity contribution in [2.45, 2.75) is 26.7 Å². The second-order valence-corrected chi connectivity index (χ2v) is 5.20. The summed E-state index contributed by atoms with van der Waals surface area (Å²) in [6, 6.07) is 3.99. The average Bonchev–Trinajstić information content (AvgIpc) is 2.82. The van der Waals surface area contributed by atoms with Crippen molar-refractivity contribution in [2.24, 2.45) is 0 Å². The number of hydrogen-bond donors (Lipinski definition) is 2. The van der Waals surface area contributed by atoms with E-state index in [4.69, 9.17) is 0 Å². The van der Waals surface area contributed by atoms with Crippen molar-refractivity contribution >= 4 is 17.2 Å². The van der Waals surface area contributed by atoms with Crippen molar-refractivity contribution in [3.63, 3.8) is 0 Å². The lowest BCUT2D eigenvalue weighted by Gasteiger charge is -2.15. The zero-order valence-electron chi connectivity index (χ0n) is 11.2. The highest BCUT2D eigenvalue weighted by molar-refractivity contribution is 7.10. The average molecular weight is 291 g/mol. The third-order valence-corrected chi connectivity index (χ3v) is 3.82. The molecule has 0 unspecified atom stereocenters. The molecule has 0 bridgehead atoms. The summed E-state index contributed by atoms with van der Waals surface area (Å²) in [6.45, 7) is 8.68. The second kappa shape index (κ2) is 10.4. The van der Waals surface area contributed by atoms with E-state index in [2.05, 4.69) is 19.2 Å². The van der Waals surface area contributed by atoms with E-state index in [-0.39, 0.29) is 18.3 Å². The van der Waals surface area contributed by atoms with Gasteiger partial charge in [0, 0.05) is 17.8 Å². The smallest absolute Gasteiger partial charge is 0.225 e. The molecule has 2 N–H and O–H groups in total. The van der Waals surface area contributed by atoms with Gasteiger partial charge >= 0.3 is 0 Å². The quantitative estimate of drug-likeness (QED) is 0.520. The Morgan fingerprint density at radius 3 is 2.67 bits per heavy atom. The molecule has 1 rings (SSSR count). The van der Waals surface area contributed by atoms with Crippen LogP contribution in [0.25, 0.3) is 0 Å². The number of thiophene rings is 1. The van der Waals surface area contributed by atoms with Gasteiger partial charge in [-0.15, -0.1) is 11.3 Å². The lowest BCUT2D eigenvalue weighted by molar-refractivity contribution is -0.896. The largest absolute Gasteiger partial charge is 1.00 e. The monoisotopic (exact) mass is 290 g/mol. The number of amides is 1. The van der Waals surface area contributed by atoms with Gasteiger partial charge in [0.15, 0.2) is 0 Å². The Kier molecular flexibility index (Phi) is 10.0. The molecule has 1 heterocycles. The maximum atomic E-state index is 11.6. The molecule has 0 saturated carbocycles. The van der Waals surface area contributed by atoms with Crippen LogP contribution < -0.4 is 22.6 Å². The minimum Gasteiger partial charge on any atom is -1.00 e. The molecule has 0 aliphatic heterocycles. The van der Waals surface area contributed by atoms with Crippen LogP contribution in [0.1, 0.15) is 25.1 Å². The van der Waals surface area contributed by atoms with E-state index < -0.39 is 0 Å². The highest BCUT2D eigenvalue weighted by atomic mass is 35.5. The predicted octanol–water partition coefficient (Wildman–Crippen LogP) is -2.27. The SMILES string of the molecule is CC[NH+](CC)CCCNC(=O)Cc1cccs1.[Cl-]. The molecule has 18 heavy (non-hydrogen) atoms. The molecular weight excluding hydrogens is 268 g/mol. The normalized spacial score (nSPS) is 10.2. The number of carbonyl (C=O) groups excluding carboxylic acids is 1. The van der Waals surface area contributed by atoms with Gasteiger partial charge in [0.25, 0.3) is 0 Å². The summed E-state index contributed by atoms with van der Waals surface area (Å²) < 4.78 is 0. The number of rotatable bonds is 8. The van der Waals surface area contributed by atoms with Crippen molar-refractivity contribution in [1.29, 1.82) is 0 Å². The van der Waals surface area contributed by atoms with E-state index in [0.29, 0.717) is 6.42 Å². The Labute approximate surface area is 120 Å². The van der Waals surface area contributed by atoms with E-state index in [9.17, 15) is 4.79 Å². The minimum absolute atomic E-state index is 0. The van der Waals surface area contributed by atoms with Crippen LogP contribution in [0.5, 0.6) is 0 Å². The molecule has 104 valence electrons. The zero-order valence-corrected chi connectivity index (χ0v) is 12.7. The molecule has 0 fully saturated rings. The first-order valence-corrected chi connectivity index (χ1v) is 7.26. The Morgan fingerprint density at radius 1 is 1.39 bits per heavy atom. The molecule has 0 spiro atoms. The standard InChI is InChI=1S/C13H22N2OS.ClH/c1-3-15(4-2)9-6-8-14-13(16)11-12-7-5-10-17-12;/h5,7,10H,3-4,6,8-9,11H2,1-2H3,(H,14,16);1H. The van der Waals surface area contributed by atoms with Crippen molar-refractivity contribution in [1.82, 2.24) is 5.32 Å². The summed E-state index contributed by atoms with van der Waals surface area (Å²) in [7, 11) is 0. The third kappa shape index (κ3) is 6.99. The molecule has 0 saturated heterocycles. The molecule has 5 heteroatoms. The predicted molar refractivity (Wildman–Crippen MR) is 72.6 cm³/mol. The lowest BCUT2D eigenvalue weighted by atomic mass is 10.3. The minimum atomic E-state index is 0. The van der Waals surface area contributed by atoms with Crippen LogP contribution in [0.15, 0.2) is 17.5 Å². The molecule has 0 aromatic carbocycles. The highest BCUT2D eigenvalue weighted by Crippen LogP contribution is 2.08. The van der Waals surface area contributed by atoms with Crippen LogP contribution in [0, 0.1) is 0 Å². The Balaban J connectivity index is 0.00000289. The molecular formula is C13H23ClN2OS. The molecule has 1 aromatic rings. The summed E-state index contributed by atoms with van der Waals surface area (Å²) in [5, 5.41) is 4.99. The van der Waals surface area contributed by atoms with E-state index in [0.717, 1.165) is 24.4 Å². The van der Waals surface area contributed by atoms with Gasteiger partial charge in [-0.3, -0.25) is 4.79 Å². The van der Waals surface area contributed by atoms with Gasteiger partial charge in [0.05, 0.1) is 26.1 Å². The number of halogens is 1. The van der Waals surface area contributed by atoms with Crippen LogP contribution >= 0.6 is 11.3 Å². The number of hydrogen-bond acceptors (Lipinski definition) is 2. The van der Waals surface area contributed by atoms with Crippen LogP contribution in [-0.2, 0) is 11.2 Å². The van der Waals surface area contributed by atoms with E-state index in [1.54, 1.807) is 16.2 Å². The molecule has 0 aliphatic rings. The number of quaternary nitrogens is 1. The summed E-state index contributed by atoms with van der Waals surface area (Å²) in [5.41, 5.74) is 0. The van der Waals surface area contributed by atoms with Crippen molar-refractivity contribution < 1.29 is 22.1 Å². The first-order chi connectivity index (χ1) is 8.26. The fourth-order valence-corrected chi connectivity index (χ4v) is 2.51. The Morgan fingerprint density at radius 2 is 2.11 bits per heavy atom. The molecule has 0 radical (unpaired) electrons. The van der Waals surface area contributed by atoms with Crippen LogP contribution in [0.4, 0.5) is 0 Å². The maximum Gasteiger partial charge on any atom is 0.225 e. The summed E-state index contributed by atoms with van der Waals surface area (Å²) in [4.78, 5) is 14.3. The Hall–Kier alpha value is -0.580. The number of carbonyl (C=O) groups is 1. The van der Waals surface area contributed by atoms with Gasteiger partial charge in [-0.25, -0.2) is 0 Å². The number of nitrogens with one attached hydrogen (secondary N) is 2. The van der Waals surface area contributed by atoms with Gasteiger partial charge in [0.1, 0.15) is 0 Å². The fourth-order valence-electron chi connectivity index (χ4n) is 1.80. The maximum absolute atomic E-state index is 11.6. The van der Waals surface area contributed by atoms with Crippen LogP contribution in [0.3, 0.4) is 0 Å². The first-order valence-electron chi connectivity index (χ1n) is 6.38. The van der Waals surface area contributed by atoms with Gasteiger partial charge in [-0.05, 0) is 25.3 Å². The topological polar surface area (TPSA) is 33.5 Å². The van der Waals surface area contributed by atoms with Crippen molar-refractivity contribution in [3.8, 4) is 0 Å². The fraction of sp³-hybridized carbons (Fsp3) is 0.615. The molecule has 3 nitrogen and oxygen atoms in total. The second-order valence-electron chi connectivity index (χ2n) is 4.17. The van der Waals surface area contributed by atoms with E-state index in [1.807, 2.05) is 17.5 Å². The van der Waals surface area contributed by atoms with Crippen molar-refractivity contribution in [2.75, 3.05) is 26.2 Å². The molecule has 0 atom stereocenters. The third-order valence-electron chi connectivity index (χ3n) is 2.94. The van der Waals surface area contributed by atoms with Crippen LogP contribution in [-0.4, -0.2) is 32.1 Å². The zero-order chi connectivity index (χ0) is 12.5. The molecule has 1 aromatic heterocycles. The van der Waals surface area contributed by atoms with Gasteiger partial charge in [-0.2, -0.15) is 0 Å². The molecule has 1 amide bonds. The molecule has 0 aliphatic carbocycles. The van der Waals surface area contributed by atoms with Gasteiger partial charge < -0.3 is 22.6 Å². The Bertz CT molecular complexity index is 313. The highest BCUT2D eigenvalue weighted by Gasteiger charge is 2.05. The van der Waals surface area contributed by atoms with Crippen LogP contribution in [0.2, 0.25) is 0 Å². The summed E-state index contributed by atoms with van der Waals surface area (Å²) >= 11 is 1.64. The lowest BCUT2D eigenvalue weighted by Crippen LogP contribution is -3.11. The van der Waals surface area contributed by atoms with Gasteiger partial charge in [0.2, 0.25) is 5.91 Å². The summed E-state index contributed by atoms with van der Waals surface area (Å²) in [5.74, 6) is 0.141. The van der Waals surface area contributed by atoms with Gasteiger partial charge in [-0.1, -0.05) is 6.07 Å². The van der Waals surface area contributed by atoms with E-state index in [1.165, 1.54) is 13.1 Å². The van der Waals surface area contributed by atoms with Crippen molar-refractivity contribution in [3.05, 3.63) is 22.4 Å². The van der Waals surface area contributed by atoms with E-state index >= 15 is 0 Å². The first kappa shape index (κ1) is 17.4.